The van der Waals surface area contributed by atoms with Crippen LogP contribution in [0.2, 0.25) is 0 Å². The van der Waals surface area contributed by atoms with Crippen molar-refractivity contribution in [2.24, 2.45) is 0 Å². The number of hydrogen-bond acceptors (Lipinski definition) is 2. The lowest BCUT2D eigenvalue weighted by Gasteiger charge is -1.89. The molecular formula is C6H3BrN2O. The van der Waals surface area contributed by atoms with Crippen molar-refractivity contribution in [2.75, 3.05) is 0 Å². The molecule has 0 fully saturated rings. The summed E-state index contributed by atoms with van der Waals surface area (Å²) in [5, 5.41) is 8.41. The third kappa shape index (κ3) is 1.25. The molecule has 0 bridgehead atoms. The lowest BCUT2D eigenvalue weighted by Crippen LogP contribution is -2.03. The second-order valence-electron chi connectivity index (χ2n) is 1.67. The van der Waals surface area contributed by atoms with Crippen LogP contribution in [-0.2, 0) is 0 Å². The Bertz CT molecular complexity index is 336. The summed E-state index contributed by atoms with van der Waals surface area (Å²) in [5.74, 6) is 0. The molecule has 1 aromatic heterocycles. The number of aromatic nitrogens is 1. The summed E-state index contributed by atoms with van der Waals surface area (Å²) in [6.45, 7) is 0. The summed E-state index contributed by atoms with van der Waals surface area (Å²) in [6.07, 6.45) is 1.45. The molecular weight excluding hydrogens is 196 g/mol. The molecule has 10 heavy (non-hydrogen) atoms. The van der Waals surface area contributed by atoms with Crippen molar-refractivity contribution < 1.29 is 0 Å². The number of H-pyrrole nitrogens is 1. The number of aromatic amines is 1. The highest BCUT2D eigenvalue weighted by Gasteiger charge is 1.96. The van der Waals surface area contributed by atoms with Gasteiger partial charge in [-0.2, -0.15) is 5.26 Å². The van der Waals surface area contributed by atoms with Gasteiger partial charge in [-0.1, -0.05) is 0 Å². The Morgan fingerprint density at radius 2 is 2.40 bits per heavy atom. The number of rotatable bonds is 0. The minimum atomic E-state index is -0.264. The zero-order valence-corrected chi connectivity index (χ0v) is 6.47. The highest BCUT2D eigenvalue weighted by Crippen LogP contribution is 2.10. The van der Waals surface area contributed by atoms with Gasteiger partial charge in [0.2, 0.25) is 5.56 Å². The zero-order valence-electron chi connectivity index (χ0n) is 4.89. The van der Waals surface area contributed by atoms with Crippen LogP contribution in [0.1, 0.15) is 5.56 Å². The van der Waals surface area contributed by atoms with Crippen LogP contribution in [0.15, 0.2) is 21.5 Å². The van der Waals surface area contributed by atoms with Crippen molar-refractivity contribution in [1.82, 2.24) is 4.98 Å². The largest absolute Gasteiger partial charge is 0.328 e. The van der Waals surface area contributed by atoms with Crippen molar-refractivity contribution in [3.63, 3.8) is 0 Å². The molecule has 1 heterocycles. The van der Waals surface area contributed by atoms with E-state index >= 15 is 0 Å². The lowest BCUT2D eigenvalue weighted by molar-refractivity contribution is 1.21. The summed E-state index contributed by atoms with van der Waals surface area (Å²) < 4.78 is 0.606. The number of nitrogens with one attached hydrogen (secondary N) is 1. The van der Waals surface area contributed by atoms with E-state index in [9.17, 15) is 4.79 Å². The predicted octanol–water partition coefficient (Wildman–Crippen LogP) is 1.01. The Balaban J connectivity index is 3.40. The van der Waals surface area contributed by atoms with Crippen LogP contribution in [0.5, 0.6) is 0 Å². The van der Waals surface area contributed by atoms with E-state index in [0.29, 0.717) is 10.0 Å². The molecule has 1 rings (SSSR count). The molecule has 0 aliphatic rings. The number of pyridine rings is 1. The second-order valence-corrected chi connectivity index (χ2v) is 2.53. The van der Waals surface area contributed by atoms with Gasteiger partial charge >= 0.3 is 0 Å². The molecule has 1 N–H and O–H groups in total. The van der Waals surface area contributed by atoms with E-state index in [4.69, 9.17) is 5.26 Å². The Hall–Kier alpha value is -1.08. The number of nitrogens with zero attached hydrogens (tertiary/aromatic N) is 1. The first-order chi connectivity index (χ1) is 4.74. The van der Waals surface area contributed by atoms with Crippen LogP contribution < -0.4 is 5.56 Å². The van der Waals surface area contributed by atoms with Crippen molar-refractivity contribution in [2.45, 2.75) is 0 Å². The summed E-state index contributed by atoms with van der Waals surface area (Å²) in [4.78, 5) is 13.0. The number of hydrogen-bond donors (Lipinski definition) is 1. The zero-order chi connectivity index (χ0) is 7.56. The van der Waals surface area contributed by atoms with Crippen LogP contribution in [0.3, 0.4) is 0 Å². The van der Waals surface area contributed by atoms with Gasteiger partial charge in [-0.3, -0.25) is 4.79 Å². The van der Waals surface area contributed by atoms with Crippen LogP contribution in [0, 0.1) is 11.3 Å². The van der Waals surface area contributed by atoms with Gasteiger partial charge in [-0.25, -0.2) is 0 Å². The summed E-state index contributed by atoms with van der Waals surface area (Å²) >= 11 is 3.10. The molecule has 4 heteroatoms. The summed E-state index contributed by atoms with van der Waals surface area (Å²) in [7, 11) is 0. The molecule has 0 atom stereocenters. The van der Waals surface area contributed by atoms with Crippen LogP contribution in [-0.4, -0.2) is 4.98 Å². The fourth-order valence-corrected chi connectivity index (χ4v) is 0.857. The smallest absolute Gasteiger partial charge is 0.249 e. The minimum absolute atomic E-state index is 0.264. The van der Waals surface area contributed by atoms with Gasteiger partial charge < -0.3 is 4.98 Å². The van der Waals surface area contributed by atoms with Crippen molar-refractivity contribution >= 4 is 15.9 Å². The first-order valence-corrected chi connectivity index (χ1v) is 3.31. The molecule has 0 radical (unpaired) electrons. The van der Waals surface area contributed by atoms with Crippen molar-refractivity contribution in [3.8, 4) is 6.07 Å². The Morgan fingerprint density at radius 3 is 2.90 bits per heavy atom. The summed E-state index contributed by atoms with van der Waals surface area (Å²) in [6, 6.07) is 3.11. The molecule has 0 aliphatic carbocycles. The fraction of sp³-hybridized carbons (Fsp3) is 0. The quantitative estimate of drug-likeness (QED) is 0.677. The van der Waals surface area contributed by atoms with Gasteiger partial charge in [0.25, 0.3) is 0 Å². The normalized spacial score (nSPS) is 8.80. The molecule has 0 amide bonds. The minimum Gasteiger partial charge on any atom is -0.328 e. The molecule has 0 unspecified atom stereocenters. The maximum absolute atomic E-state index is 10.6. The standard InChI is InChI=1S/C6H3BrN2O/c7-5-3-9-6(10)1-4(5)2-8/h1,3H,(H,9,10). The Labute approximate surface area is 65.4 Å². The van der Waals surface area contributed by atoms with Gasteiger partial charge in [0, 0.05) is 12.3 Å². The highest BCUT2D eigenvalue weighted by atomic mass is 79.9. The van der Waals surface area contributed by atoms with Crippen LogP contribution in [0.4, 0.5) is 0 Å². The topological polar surface area (TPSA) is 56.6 Å². The van der Waals surface area contributed by atoms with E-state index in [2.05, 4.69) is 20.9 Å². The van der Waals surface area contributed by atoms with Gasteiger partial charge in [0.15, 0.2) is 0 Å². The van der Waals surface area contributed by atoms with E-state index in [0.717, 1.165) is 0 Å². The third-order valence-corrected chi connectivity index (χ3v) is 1.65. The Morgan fingerprint density at radius 1 is 1.70 bits per heavy atom. The van der Waals surface area contributed by atoms with Gasteiger partial charge in [-0.15, -0.1) is 0 Å². The van der Waals surface area contributed by atoms with Gasteiger partial charge in [-0.05, 0) is 15.9 Å². The van der Waals surface area contributed by atoms with Crippen LogP contribution >= 0.6 is 15.9 Å². The van der Waals surface area contributed by atoms with E-state index in [-0.39, 0.29) is 5.56 Å². The fourth-order valence-electron chi connectivity index (χ4n) is 0.540. The molecule has 1 aromatic rings. The van der Waals surface area contributed by atoms with E-state index < -0.39 is 0 Å². The van der Waals surface area contributed by atoms with E-state index in [1.165, 1.54) is 12.3 Å². The van der Waals surface area contributed by atoms with Crippen LogP contribution in [0.25, 0.3) is 0 Å². The van der Waals surface area contributed by atoms with E-state index in [1.807, 2.05) is 6.07 Å². The summed E-state index contributed by atoms with van der Waals surface area (Å²) in [5.41, 5.74) is 0.0866. The average Bonchev–Trinajstić information content (AvgIpc) is 1.94. The Kier molecular flexibility index (Phi) is 1.88. The molecule has 0 aromatic carbocycles. The van der Waals surface area contributed by atoms with Gasteiger partial charge in [0.1, 0.15) is 6.07 Å². The van der Waals surface area contributed by atoms with Gasteiger partial charge in [0.05, 0.1) is 10.0 Å². The monoisotopic (exact) mass is 198 g/mol. The molecule has 0 saturated carbocycles. The second kappa shape index (κ2) is 2.67. The van der Waals surface area contributed by atoms with E-state index in [1.54, 1.807) is 0 Å². The molecule has 0 spiro atoms. The predicted molar refractivity (Wildman–Crippen MR) is 39.5 cm³/mol. The molecule has 50 valence electrons. The lowest BCUT2D eigenvalue weighted by atomic mass is 10.3. The molecule has 0 aliphatic heterocycles. The van der Waals surface area contributed by atoms with Crippen molar-refractivity contribution in [1.29, 1.82) is 5.26 Å². The first kappa shape index (κ1) is 7.03. The first-order valence-electron chi connectivity index (χ1n) is 2.52. The maximum Gasteiger partial charge on any atom is 0.249 e. The van der Waals surface area contributed by atoms with Crippen molar-refractivity contribution in [3.05, 3.63) is 32.7 Å². The number of nitriles is 1. The SMILES string of the molecule is N#Cc1cc(=O)[nH]cc1Br. The molecule has 0 saturated heterocycles. The average molecular weight is 199 g/mol. The number of halogens is 1. The third-order valence-electron chi connectivity index (χ3n) is 0.994. The maximum atomic E-state index is 10.6. The highest BCUT2D eigenvalue weighted by molar-refractivity contribution is 9.10. The molecule has 3 nitrogen and oxygen atoms in total.